The summed E-state index contributed by atoms with van der Waals surface area (Å²) in [4.78, 5) is 17.3. The summed E-state index contributed by atoms with van der Waals surface area (Å²) in [6, 6.07) is 16.2. The molecule has 1 N–H and O–H groups in total. The van der Waals surface area contributed by atoms with Crippen LogP contribution < -0.4 is 19.5 Å². The number of imidazole rings is 1. The van der Waals surface area contributed by atoms with Gasteiger partial charge in [-0.05, 0) is 48.9 Å². The van der Waals surface area contributed by atoms with Crippen molar-refractivity contribution >= 4 is 17.2 Å². The SMILES string of the molecule is COc1ccc(NC(=O)c2cccc(OCc3cn4cc(C)ccc4n3)c2)c(OC)c1. The molecule has 0 unspecified atom stereocenters. The molecule has 0 saturated heterocycles. The third kappa shape index (κ3) is 4.61. The second-order valence-corrected chi connectivity index (χ2v) is 7.04. The number of ether oxygens (including phenoxy) is 3. The normalized spacial score (nSPS) is 10.7. The fourth-order valence-corrected chi connectivity index (χ4v) is 3.21. The molecule has 0 radical (unpaired) electrons. The topological polar surface area (TPSA) is 74.1 Å². The summed E-state index contributed by atoms with van der Waals surface area (Å²) in [6.07, 6.45) is 3.96. The molecule has 0 bridgehead atoms. The predicted molar refractivity (Wildman–Crippen MR) is 118 cm³/mol. The van der Waals surface area contributed by atoms with Crippen molar-refractivity contribution in [3.63, 3.8) is 0 Å². The van der Waals surface area contributed by atoms with E-state index in [1.165, 1.54) is 0 Å². The molecule has 7 nitrogen and oxygen atoms in total. The maximum Gasteiger partial charge on any atom is 0.255 e. The van der Waals surface area contributed by atoms with Crippen molar-refractivity contribution in [2.24, 2.45) is 0 Å². The number of fused-ring (bicyclic) bond motifs is 1. The second kappa shape index (κ2) is 8.79. The first-order chi connectivity index (χ1) is 15.1. The van der Waals surface area contributed by atoms with Crippen molar-refractivity contribution < 1.29 is 19.0 Å². The Morgan fingerprint density at radius 3 is 2.68 bits per heavy atom. The fraction of sp³-hybridized carbons (Fsp3) is 0.167. The summed E-state index contributed by atoms with van der Waals surface area (Å²) < 4.78 is 18.4. The van der Waals surface area contributed by atoms with Crippen LogP contribution >= 0.6 is 0 Å². The highest BCUT2D eigenvalue weighted by atomic mass is 16.5. The molecule has 2 heterocycles. The standard InChI is InChI=1S/C24H23N3O4/c1-16-7-10-23-25-18(14-27(23)13-16)15-31-20-6-4-5-17(11-20)24(28)26-21-9-8-19(29-2)12-22(21)30-3/h4-14H,15H2,1-3H3,(H,26,28). The van der Waals surface area contributed by atoms with Gasteiger partial charge in [-0.1, -0.05) is 12.1 Å². The average Bonchev–Trinajstić information content (AvgIpc) is 3.20. The van der Waals surface area contributed by atoms with Crippen molar-refractivity contribution in [1.82, 2.24) is 9.38 Å². The highest BCUT2D eigenvalue weighted by molar-refractivity contribution is 6.05. The van der Waals surface area contributed by atoms with Gasteiger partial charge in [0.2, 0.25) is 0 Å². The Morgan fingerprint density at radius 2 is 1.87 bits per heavy atom. The number of hydrogen-bond donors (Lipinski definition) is 1. The van der Waals surface area contributed by atoms with Crippen LogP contribution in [-0.2, 0) is 6.61 Å². The minimum atomic E-state index is -0.267. The number of nitrogens with zero attached hydrogens (tertiary/aromatic N) is 2. The van der Waals surface area contributed by atoms with Gasteiger partial charge >= 0.3 is 0 Å². The Kier molecular flexibility index (Phi) is 5.75. The molecule has 2 aromatic heterocycles. The predicted octanol–water partition coefficient (Wildman–Crippen LogP) is 4.49. The molecule has 2 aromatic carbocycles. The van der Waals surface area contributed by atoms with Gasteiger partial charge in [0.25, 0.3) is 5.91 Å². The number of nitrogens with one attached hydrogen (secondary N) is 1. The van der Waals surface area contributed by atoms with E-state index in [1.54, 1.807) is 50.6 Å². The number of aryl methyl sites for hydroxylation is 1. The molecular formula is C24H23N3O4. The van der Waals surface area contributed by atoms with Crippen LogP contribution in [0.4, 0.5) is 5.69 Å². The van der Waals surface area contributed by atoms with Crippen molar-refractivity contribution in [1.29, 1.82) is 0 Å². The third-order valence-electron chi connectivity index (χ3n) is 4.79. The maximum atomic E-state index is 12.7. The molecule has 31 heavy (non-hydrogen) atoms. The summed E-state index contributed by atoms with van der Waals surface area (Å²) in [5.74, 6) is 1.48. The zero-order valence-electron chi connectivity index (χ0n) is 17.6. The van der Waals surface area contributed by atoms with Crippen molar-refractivity contribution in [2.75, 3.05) is 19.5 Å². The lowest BCUT2D eigenvalue weighted by Gasteiger charge is -2.12. The van der Waals surface area contributed by atoms with Gasteiger partial charge < -0.3 is 23.9 Å². The summed E-state index contributed by atoms with van der Waals surface area (Å²) >= 11 is 0. The van der Waals surface area contributed by atoms with Crippen LogP contribution in [0.15, 0.2) is 67.0 Å². The van der Waals surface area contributed by atoms with E-state index in [4.69, 9.17) is 14.2 Å². The van der Waals surface area contributed by atoms with Crippen LogP contribution in [-0.4, -0.2) is 29.5 Å². The molecular weight excluding hydrogens is 394 g/mol. The van der Waals surface area contributed by atoms with Crippen molar-refractivity contribution in [3.05, 3.63) is 83.8 Å². The summed E-state index contributed by atoms with van der Waals surface area (Å²) in [6.45, 7) is 2.34. The van der Waals surface area contributed by atoms with Gasteiger partial charge in [0.15, 0.2) is 0 Å². The number of carbonyl (C=O) groups excluding carboxylic acids is 1. The van der Waals surface area contributed by atoms with Gasteiger partial charge in [-0.2, -0.15) is 0 Å². The van der Waals surface area contributed by atoms with Gasteiger partial charge in [-0.15, -0.1) is 0 Å². The Morgan fingerprint density at radius 1 is 1.00 bits per heavy atom. The van der Waals surface area contributed by atoms with E-state index in [0.717, 1.165) is 16.9 Å². The van der Waals surface area contributed by atoms with Crippen LogP contribution in [0.2, 0.25) is 0 Å². The lowest BCUT2D eigenvalue weighted by Crippen LogP contribution is -2.12. The maximum absolute atomic E-state index is 12.7. The van der Waals surface area contributed by atoms with E-state index in [9.17, 15) is 4.79 Å². The van der Waals surface area contributed by atoms with Crippen molar-refractivity contribution in [2.45, 2.75) is 13.5 Å². The minimum absolute atomic E-state index is 0.267. The van der Waals surface area contributed by atoms with Crippen molar-refractivity contribution in [3.8, 4) is 17.2 Å². The zero-order valence-corrected chi connectivity index (χ0v) is 17.6. The highest BCUT2D eigenvalue weighted by Crippen LogP contribution is 2.29. The number of pyridine rings is 1. The van der Waals surface area contributed by atoms with E-state index in [0.29, 0.717) is 35.1 Å². The second-order valence-electron chi connectivity index (χ2n) is 7.04. The van der Waals surface area contributed by atoms with Crippen LogP contribution in [0.25, 0.3) is 5.65 Å². The van der Waals surface area contributed by atoms with Gasteiger partial charge in [0.1, 0.15) is 29.5 Å². The zero-order chi connectivity index (χ0) is 21.8. The number of benzene rings is 2. The summed E-state index contributed by atoms with van der Waals surface area (Å²) in [5.41, 5.74) is 3.86. The van der Waals surface area contributed by atoms with Gasteiger partial charge in [0.05, 0.1) is 25.6 Å². The quantitative estimate of drug-likeness (QED) is 0.480. The monoisotopic (exact) mass is 417 g/mol. The van der Waals surface area contributed by atoms with Gasteiger partial charge in [-0.25, -0.2) is 4.98 Å². The largest absolute Gasteiger partial charge is 0.497 e. The lowest BCUT2D eigenvalue weighted by molar-refractivity contribution is 0.102. The van der Waals surface area contributed by atoms with E-state index < -0.39 is 0 Å². The Hall–Kier alpha value is -4.00. The summed E-state index contributed by atoms with van der Waals surface area (Å²) in [7, 11) is 3.12. The molecule has 4 aromatic rings. The van der Waals surface area contributed by atoms with Crippen LogP contribution in [0, 0.1) is 6.92 Å². The molecule has 158 valence electrons. The molecule has 0 fully saturated rings. The number of methoxy groups -OCH3 is 2. The number of carbonyl (C=O) groups is 1. The molecule has 0 aliphatic carbocycles. The minimum Gasteiger partial charge on any atom is -0.497 e. The molecule has 0 saturated carbocycles. The Bertz CT molecular complexity index is 1230. The van der Waals surface area contributed by atoms with Crippen LogP contribution in [0.3, 0.4) is 0 Å². The molecule has 0 atom stereocenters. The fourth-order valence-electron chi connectivity index (χ4n) is 3.21. The van der Waals surface area contributed by atoms with Gasteiger partial charge in [-0.3, -0.25) is 4.79 Å². The highest BCUT2D eigenvalue weighted by Gasteiger charge is 2.12. The first kappa shape index (κ1) is 20.3. The van der Waals surface area contributed by atoms with Crippen LogP contribution in [0.5, 0.6) is 17.2 Å². The Balaban J connectivity index is 1.45. The van der Waals surface area contributed by atoms with Gasteiger partial charge in [0, 0.05) is 24.0 Å². The number of amides is 1. The molecule has 0 spiro atoms. The average molecular weight is 417 g/mol. The number of anilines is 1. The van der Waals surface area contributed by atoms with E-state index in [1.807, 2.05) is 41.9 Å². The number of hydrogen-bond acceptors (Lipinski definition) is 5. The van der Waals surface area contributed by atoms with E-state index >= 15 is 0 Å². The molecule has 4 rings (SSSR count). The molecule has 1 amide bonds. The first-order valence-electron chi connectivity index (χ1n) is 9.76. The molecule has 7 heteroatoms. The molecule has 0 aliphatic rings. The van der Waals surface area contributed by atoms with Crippen LogP contribution in [0.1, 0.15) is 21.6 Å². The Labute approximate surface area is 180 Å². The molecule has 0 aliphatic heterocycles. The summed E-state index contributed by atoms with van der Waals surface area (Å²) in [5, 5.41) is 2.86. The number of aromatic nitrogens is 2. The smallest absolute Gasteiger partial charge is 0.255 e. The first-order valence-corrected chi connectivity index (χ1v) is 9.76. The third-order valence-corrected chi connectivity index (χ3v) is 4.79. The lowest BCUT2D eigenvalue weighted by atomic mass is 10.2. The number of rotatable bonds is 7. The van der Waals surface area contributed by atoms with E-state index in [2.05, 4.69) is 10.3 Å². The van der Waals surface area contributed by atoms with E-state index in [-0.39, 0.29) is 5.91 Å².